The van der Waals surface area contributed by atoms with Gasteiger partial charge in [0, 0.05) is 13.1 Å². The number of aliphatic hydroxyl groups excluding tert-OH is 1. The van der Waals surface area contributed by atoms with Gasteiger partial charge < -0.3 is 36.0 Å². The molecule has 0 saturated carbocycles. The molecule has 2 saturated heterocycles. The molecule has 0 aromatic heterocycles. The summed E-state index contributed by atoms with van der Waals surface area (Å²) in [6.45, 7) is 9.72. The molecule has 12 heteroatoms. The van der Waals surface area contributed by atoms with Crippen molar-refractivity contribution in [2.45, 2.75) is 142 Å². The first-order valence-corrected chi connectivity index (χ1v) is 18.1. The van der Waals surface area contributed by atoms with Crippen LogP contribution in [0.15, 0.2) is 30.3 Å². The summed E-state index contributed by atoms with van der Waals surface area (Å²) in [4.78, 5) is 68.0. The number of carbonyl (C=O) groups excluding carboxylic acids is 5. The van der Waals surface area contributed by atoms with E-state index < -0.39 is 53.6 Å². The van der Waals surface area contributed by atoms with Crippen molar-refractivity contribution in [2.24, 2.45) is 11.8 Å². The predicted molar refractivity (Wildman–Crippen MR) is 187 cm³/mol. The second-order valence-electron chi connectivity index (χ2n) is 14.9. The summed E-state index contributed by atoms with van der Waals surface area (Å²) >= 11 is 0. The second kappa shape index (κ2) is 19.5. The molecule has 0 spiro atoms. The van der Waals surface area contributed by atoms with Gasteiger partial charge in [-0.3, -0.25) is 19.2 Å². The maximum atomic E-state index is 14.1. The largest absolute Gasteiger partial charge is 0.444 e. The zero-order valence-corrected chi connectivity index (χ0v) is 30.1. The number of fused-ring (bicyclic) bond motifs is 1. The van der Waals surface area contributed by atoms with E-state index in [1.165, 1.54) is 0 Å². The first kappa shape index (κ1) is 39.8. The molecular formula is C37H59N5O7. The van der Waals surface area contributed by atoms with Crippen LogP contribution in [0.1, 0.15) is 111 Å². The number of nitrogens with zero attached hydrogens (tertiary/aromatic N) is 1. The number of carbonyl (C=O) groups is 5. The molecule has 1 unspecified atom stereocenters. The molecule has 2 aliphatic rings. The van der Waals surface area contributed by atoms with Crippen LogP contribution in [0.2, 0.25) is 0 Å². The molecule has 0 radical (unpaired) electrons. The highest BCUT2D eigenvalue weighted by molar-refractivity contribution is 5.93. The van der Waals surface area contributed by atoms with E-state index in [0.717, 1.165) is 50.5 Å². The van der Waals surface area contributed by atoms with E-state index in [1.54, 1.807) is 25.7 Å². The van der Waals surface area contributed by atoms with Crippen LogP contribution < -0.4 is 21.3 Å². The Labute approximate surface area is 291 Å². The number of ether oxygens (including phenoxy) is 1. The molecule has 0 bridgehead atoms. The summed E-state index contributed by atoms with van der Waals surface area (Å²) in [5.41, 5.74) is 0.175. The van der Waals surface area contributed by atoms with Crippen molar-refractivity contribution in [1.82, 2.24) is 26.2 Å². The summed E-state index contributed by atoms with van der Waals surface area (Å²) in [7, 11) is 0. The van der Waals surface area contributed by atoms with Gasteiger partial charge in [0.15, 0.2) is 6.10 Å². The topological polar surface area (TPSA) is 166 Å². The van der Waals surface area contributed by atoms with Crippen LogP contribution in [0.5, 0.6) is 0 Å². The van der Waals surface area contributed by atoms with Gasteiger partial charge in [-0.25, -0.2) is 4.79 Å². The number of hydrogen-bond donors (Lipinski definition) is 5. The summed E-state index contributed by atoms with van der Waals surface area (Å²) in [5, 5.41) is 22.1. The van der Waals surface area contributed by atoms with Crippen LogP contribution in [0.25, 0.3) is 0 Å². The Kier molecular flexibility index (Phi) is 15.8. The van der Waals surface area contributed by atoms with Gasteiger partial charge in [0.1, 0.15) is 17.7 Å². The Morgan fingerprint density at radius 1 is 0.939 bits per heavy atom. The maximum Gasteiger partial charge on any atom is 0.408 e. The van der Waals surface area contributed by atoms with Gasteiger partial charge in [0.2, 0.25) is 17.7 Å². The lowest BCUT2D eigenvalue weighted by Gasteiger charge is -2.31. The van der Waals surface area contributed by atoms with E-state index >= 15 is 0 Å². The standard InChI is InChI=1S/C37H59N5O7/c1-25(2)27-21-30-33(45)40-28(32(44)34(46)39-23-31(43)38-22-26-17-13-12-14-18-26)19-15-10-8-6-7-9-11-16-20-29(35(47)42(30)24-27)41-36(48)49-37(3,4)5/h12-14,17-18,25,27-30,32,44H,6-11,15-16,19-24H2,1-5H3,(H,38,43)(H,39,46)(H,40,45)(H,41,48)/t27-,28+,29+,30+,32?/m1/s1. The molecule has 2 aliphatic heterocycles. The zero-order valence-electron chi connectivity index (χ0n) is 30.1. The molecule has 5 amide bonds. The monoisotopic (exact) mass is 685 g/mol. The molecule has 3 rings (SSSR count). The van der Waals surface area contributed by atoms with Crippen molar-refractivity contribution in [1.29, 1.82) is 0 Å². The van der Waals surface area contributed by atoms with Crippen LogP contribution in [-0.4, -0.2) is 82.6 Å². The molecule has 0 aliphatic carbocycles. The van der Waals surface area contributed by atoms with Gasteiger partial charge in [-0.1, -0.05) is 95.5 Å². The maximum absolute atomic E-state index is 14.1. The van der Waals surface area contributed by atoms with Gasteiger partial charge in [0.25, 0.3) is 5.91 Å². The lowest BCUT2D eigenvalue weighted by atomic mass is 9.93. The summed E-state index contributed by atoms with van der Waals surface area (Å²) in [6, 6.07) is 6.77. The first-order chi connectivity index (χ1) is 23.2. The van der Waals surface area contributed by atoms with Crippen molar-refractivity contribution in [3.05, 3.63) is 35.9 Å². The molecule has 5 N–H and O–H groups in total. The Balaban J connectivity index is 1.76. The number of hydrogen-bond acceptors (Lipinski definition) is 7. The smallest absolute Gasteiger partial charge is 0.408 e. The number of amides is 5. The average molecular weight is 686 g/mol. The molecule has 274 valence electrons. The molecule has 1 aromatic carbocycles. The Hall–Kier alpha value is -3.67. The number of aliphatic hydroxyl groups is 1. The van der Waals surface area contributed by atoms with E-state index in [0.29, 0.717) is 38.8 Å². The molecule has 2 fully saturated rings. The van der Waals surface area contributed by atoms with Crippen molar-refractivity contribution in [3.63, 3.8) is 0 Å². The molecule has 12 nitrogen and oxygen atoms in total. The highest BCUT2D eigenvalue weighted by Gasteiger charge is 2.44. The van der Waals surface area contributed by atoms with E-state index in [1.807, 2.05) is 30.3 Å². The number of nitrogens with one attached hydrogen (secondary N) is 4. The third-order valence-corrected chi connectivity index (χ3v) is 9.34. The van der Waals surface area contributed by atoms with E-state index in [9.17, 15) is 29.1 Å². The van der Waals surface area contributed by atoms with Crippen LogP contribution in [0.4, 0.5) is 4.79 Å². The van der Waals surface area contributed by atoms with Gasteiger partial charge >= 0.3 is 6.09 Å². The molecule has 2 heterocycles. The summed E-state index contributed by atoms with van der Waals surface area (Å²) in [5.74, 6) is -1.70. The third-order valence-electron chi connectivity index (χ3n) is 9.34. The van der Waals surface area contributed by atoms with Gasteiger partial charge in [0.05, 0.1) is 12.6 Å². The Morgan fingerprint density at radius 3 is 2.16 bits per heavy atom. The summed E-state index contributed by atoms with van der Waals surface area (Å²) < 4.78 is 5.47. The van der Waals surface area contributed by atoms with Crippen LogP contribution in [0.3, 0.4) is 0 Å². The minimum atomic E-state index is -1.60. The minimum absolute atomic E-state index is 0.0496. The fraction of sp³-hybridized carbons (Fsp3) is 0.703. The number of benzene rings is 1. The fourth-order valence-corrected chi connectivity index (χ4v) is 6.43. The number of alkyl carbamates (subject to hydrolysis) is 1. The first-order valence-electron chi connectivity index (χ1n) is 18.1. The normalized spacial score (nSPS) is 23.9. The highest BCUT2D eigenvalue weighted by atomic mass is 16.6. The van der Waals surface area contributed by atoms with E-state index in [-0.39, 0.29) is 24.3 Å². The SMILES string of the molecule is CC(C)[C@@H]1C[C@H]2C(=O)N[C@H](C(O)C(=O)NCC(=O)NCc3ccccc3)CCCCCCCCCC[C@H](NC(=O)OC(C)(C)C)C(=O)N2C1. The van der Waals surface area contributed by atoms with Crippen LogP contribution in [0, 0.1) is 11.8 Å². The van der Waals surface area contributed by atoms with Crippen molar-refractivity contribution in [2.75, 3.05) is 13.1 Å². The lowest BCUT2D eigenvalue weighted by Crippen LogP contribution is -2.57. The lowest BCUT2D eigenvalue weighted by molar-refractivity contribution is -0.141. The van der Waals surface area contributed by atoms with Gasteiger partial charge in [-0.05, 0) is 57.4 Å². The number of rotatable bonds is 8. The molecular weight excluding hydrogens is 626 g/mol. The second-order valence-corrected chi connectivity index (χ2v) is 14.9. The molecule has 1 aromatic rings. The average Bonchev–Trinajstić information content (AvgIpc) is 3.51. The van der Waals surface area contributed by atoms with Crippen molar-refractivity contribution in [3.8, 4) is 0 Å². The Bertz CT molecular complexity index is 1240. The third kappa shape index (κ3) is 13.6. The van der Waals surface area contributed by atoms with Gasteiger partial charge in [-0.15, -0.1) is 0 Å². The summed E-state index contributed by atoms with van der Waals surface area (Å²) in [6.07, 6.45) is 6.24. The fourth-order valence-electron chi connectivity index (χ4n) is 6.43. The van der Waals surface area contributed by atoms with Crippen LogP contribution >= 0.6 is 0 Å². The van der Waals surface area contributed by atoms with Gasteiger partial charge in [-0.2, -0.15) is 0 Å². The van der Waals surface area contributed by atoms with E-state index in [2.05, 4.69) is 35.1 Å². The quantitative estimate of drug-likeness (QED) is 0.276. The molecule has 49 heavy (non-hydrogen) atoms. The van der Waals surface area contributed by atoms with Crippen molar-refractivity contribution < 1.29 is 33.8 Å². The van der Waals surface area contributed by atoms with E-state index in [4.69, 9.17) is 4.74 Å². The van der Waals surface area contributed by atoms with Crippen LogP contribution in [-0.2, 0) is 30.5 Å². The molecule has 5 atom stereocenters. The predicted octanol–water partition coefficient (Wildman–Crippen LogP) is 3.95. The minimum Gasteiger partial charge on any atom is -0.444 e. The highest BCUT2D eigenvalue weighted by Crippen LogP contribution is 2.31. The Morgan fingerprint density at radius 2 is 1.55 bits per heavy atom. The van der Waals surface area contributed by atoms with Crippen molar-refractivity contribution >= 4 is 29.7 Å². The zero-order chi connectivity index (χ0) is 36.0.